The van der Waals surface area contributed by atoms with Crippen molar-refractivity contribution in [2.75, 3.05) is 13.7 Å². The average Bonchev–Trinajstić information content (AvgIpc) is 3.04. The highest BCUT2D eigenvalue weighted by Gasteiger charge is 2.13. The number of hydrogen-bond donors (Lipinski definition) is 1. The van der Waals surface area contributed by atoms with E-state index in [0.717, 1.165) is 27.4 Å². The van der Waals surface area contributed by atoms with Crippen molar-refractivity contribution in [2.45, 2.75) is 19.9 Å². The smallest absolute Gasteiger partial charge is 0.127 e. The molecule has 0 radical (unpaired) electrons. The molecule has 1 unspecified atom stereocenters. The van der Waals surface area contributed by atoms with Crippen LogP contribution < -0.4 is 10.1 Å². The topological polar surface area (TPSA) is 34.1 Å². The van der Waals surface area contributed by atoms with Gasteiger partial charge in [-0.3, -0.25) is 0 Å². The van der Waals surface area contributed by atoms with Gasteiger partial charge in [-0.1, -0.05) is 24.3 Å². The molecule has 22 heavy (non-hydrogen) atoms. The van der Waals surface area contributed by atoms with E-state index in [1.54, 1.807) is 11.3 Å². The first kappa shape index (κ1) is 15.0. The number of nitrogens with zero attached hydrogens (tertiary/aromatic N) is 1. The summed E-state index contributed by atoms with van der Waals surface area (Å²) >= 11 is 1.70. The number of thiazole rings is 1. The predicted molar refractivity (Wildman–Crippen MR) is 93.7 cm³/mol. The first-order valence-corrected chi connectivity index (χ1v) is 8.40. The first-order chi connectivity index (χ1) is 10.7. The molecular formula is C18H20N2OS. The Kier molecular flexibility index (Phi) is 4.41. The Labute approximate surface area is 135 Å². The average molecular weight is 312 g/mol. The lowest BCUT2D eigenvalue weighted by atomic mass is 10.0. The molecule has 3 aromatic rings. The van der Waals surface area contributed by atoms with Gasteiger partial charge in [-0.15, -0.1) is 11.3 Å². The normalized spacial score (nSPS) is 12.5. The summed E-state index contributed by atoms with van der Waals surface area (Å²) in [6.45, 7) is 4.80. The Morgan fingerprint density at radius 3 is 2.68 bits per heavy atom. The van der Waals surface area contributed by atoms with Crippen molar-refractivity contribution in [1.29, 1.82) is 0 Å². The van der Waals surface area contributed by atoms with Gasteiger partial charge in [-0.05, 0) is 38.4 Å². The summed E-state index contributed by atoms with van der Waals surface area (Å²) in [6, 6.07) is 12.8. The fourth-order valence-corrected chi connectivity index (χ4v) is 3.39. The quantitative estimate of drug-likeness (QED) is 0.745. The number of rotatable bonds is 5. The molecule has 0 bridgehead atoms. The van der Waals surface area contributed by atoms with Gasteiger partial charge in [0, 0.05) is 16.3 Å². The zero-order valence-electron chi connectivity index (χ0n) is 13.1. The van der Waals surface area contributed by atoms with E-state index in [-0.39, 0.29) is 6.04 Å². The van der Waals surface area contributed by atoms with Gasteiger partial charge in [0.1, 0.15) is 10.8 Å². The molecular weight excluding hydrogens is 292 g/mol. The highest BCUT2D eigenvalue weighted by Crippen LogP contribution is 2.35. The molecule has 0 aliphatic heterocycles. The van der Waals surface area contributed by atoms with Crippen LogP contribution in [0.3, 0.4) is 0 Å². The number of hydrogen-bond acceptors (Lipinski definition) is 4. The number of aromatic nitrogens is 1. The molecule has 114 valence electrons. The van der Waals surface area contributed by atoms with E-state index in [0.29, 0.717) is 6.61 Å². The fraction of sp³-hybridized carbons (Fsp3) is 0.278. The van der Waals surface area contributed by atoms with Gasteiger partial charge in [-0.2, -0.15) is 0 Å². The minimum absolute atomic E-state index is 0.271. The van der Waals surface area contributed by atoms with E-state index in [4.69, 9.17) is 9.72 Å². The highest BCUT2D eigenvalue weighted by atomic mass is 32.1. The minimum Gasteiger partial charge on any atom is -0.493 e. The van der Waals surface area contributed by atoms with Gasteiger partial charge in [-0.25, -0.2) is 4.98 Å². The molecule has 1 N–H and O–H groups in total. The summed E-state index contributed by atoms with van der Waals surface area (Å²) < 4.78 is 5.74. The van der Waals surface area contributed by atoms with Crippen molar-refractivity contribution in [1.82, 2.24) is 10.3 Å². The van der Waals surface area contributed by atoms with Crippen molar-refractivity contribution in [2.24, 2.45) is 0 Å². The van der Waals surface area contributed by atoms with Crippen LogP contribution in [0.15, 0.2) is 41.8 Å². The van der Waals surface area contributed by atoms with Gasteiger partial charge >= 0.3 is 0 Å². The zero-order chi connectivity index (χ0) is 15.5. The summed E-state index contributed by atoms with van der Waals surface area (Å²) in [6.07, 6.45) is 0. The largest absolute Gasteiger partial charge is 0.493 e. The van der Waals surface area contributed by atoms with Gasteiger partial charge in [0.2, 0.25) is 0 Å². The molecule has 0 spiro atoms. The van der Waals surface area contributed by atoms with Crippen LogP contribution >= 0.6 is 11.3 Å². The van der Waals surface area contributed by atoms with Crippen LogP contribution in [0.25, 0.3) is 22.0 Å². The summed E-state index contributed by atoms with van der Waals surface area (Å²) in [5.74, 6) is 0.931. The van der Waals surface area contributed by atoms with Crippen molar-refractivity contribution in [3.05, 3.63) is 46.8 Å². The third kappa shape index (κ3) is 2.72. The zero-order valence-corrected chi connectivity index (χ0v) is 13.9. The molecule has 1 heterocycles. The summed E-state index contributed by atoms with van der Waals surface area (Å²) in [5.41, 5.74) is 2.19. The van der Waals surface area contributed by atoms with E-state index < -0.39 is 0 Å². The van der Waals surface area contributed by atoms with Gasteiger partial charge in [0.25, 0.3) is 0 Å². The Morgan fingerprint density at radius 2 is 1.95 bits per heavy atom. The lowest BCUT2D eigenvalue weighted by Crippen LogP contribution is -2.11. The van der Waals surface area contributed by atoms with E-state index in [1.807, 2.05) is 26.1 Å². The molecule has 1 atom stereocenters. The van der Waals surface area contributed by atoms with Crippen molar-refractivity contribution in [3.8, 4) is 17.0 Å². The maximum Gasteiger partial charge on any atom is 0.127 e. The highest BCUT2D eigenvalue weighted by molar-refractivity contribution is 7.10. The third-order valence-electron chi connectivity index (χ3n) is 3.79. The van der Waals surface area contributed by atoms with Gasteiger partial charge in [0.05, 0.1) is 18.3 Å². The maximum atomic E-state index is 5.74. The van der Waals surface area contributed by atoms with E-state index >= 15 is 0 Å². The minimum atomic E-state index is 0.271. The van der Waals surface area contributed by atoms with E-state index in [1.165, 1.54) is 5.39 Å². The summed E-state index contributed by atoms with van der Waals surface area (Å²) in [7, 11) is 1.96. The number of ether oxygens (including phenoxy) is 1. The maximum absolute atomic E-state index is 5.74. The van der Waals surface area contributed by atoms with Crippen LogP contribution in [-0.2, 0) is 0 Å². The van der Waals surface area contributed by atoms with Gasteiger partial charge < -0.3 is 10.1 Å². The number of fused-ring (bicyclic) bond motifs is 1. The molecule has 3 nitrogen and oxygen atoms in total. The second-order valence-corrected chi connectivity index (χ2v) is 6.06. The summed E-state index contributed by atoms with van der Waals surface area (Å²) in [5, 5.41) is 8.79. The molecule has 0 saturated heterocycles. The van der Waals surface area contributed by atoms with Gasteiger partial charge in [0.15, 0.2) is 0 Å². The summed E-state index contributed by atoms with van der Waals surface area (Å²) in [4.78, 5) is 4.79. The van der Waals surface area contributed by atoms with E-state index in [2.05, 4.69) is 41.9 Å². The molecule has 4 heteroatoms. The molecule has 0 aliphatic carbocycles. The number of nitrogens with one attached hydrogen (secondary N) is 1. The predicted octanol–water partition coefficient (Wildman–Crippen LogP) is 4.64. The van der Waals surface area contributed by atoms with Crippen molar-refractivity contribution >= 4 is 22.1 Å². The molecule has 0 saturated carbocycles. The van der Waals surface area contributed by atoms with Crippen LogP contribution in [-0.4, -0.2) is 18.6 Å². The standard InChI is InChI=1S/C18H20N2OS/c1-4-21-17-10-9-14(13-7-5-6-8-15(13)17)16-11-22-18(20-16)12(2)19-3/h5-12,19H,4H2,1-3H3. The number of benzene rings is 2. The van der Waals surface area contributed by atoms with Crippen LogP contribution in [0.4, 0.5) is 0 Å². The molecule has 0 amide bonds. The molecule has 2 aromatic carbocycles. The Bertz CT molecular complexity index is 782. The third-order valence-corrected chi connectivity index (χ3v) is 4.81. The van der Waals surface area contributed by atoms with Crippen LogP contribution in [0, 0.1) is 0 Å². The van der Waals surface area contributed by atoms with Crippen molar-refractivity contribution < 1.29 is 4.74 Å². The first-order valence-electron chi connectivity index (χ1n) is 7.52. The Hall–Kier alpha value is -1.91. The monoisotopic (exact) mass is 312 g/mol. The lowest BCUT2D eigenvalue weighted by Gasteiger charge is -2.10. The molecule has 1 aromatic heterocycles. The SMILES string of the molecule is CCOc1ccc(-c2csc(C(C)NC)n2)c2ccccc12. The van der Waals surface area contributed by atoms with E-state index in [9.17, 15) is 0 Å². The molecule has 0 fully saturated rings. The Morgan fingerprint density at radius 1 is 1.18 bits per heavy atom. The molecule has 0 aliphatic rings. The van der Waals surface area contributed by atoms with Crippen LogP contribution in [0.1, 0.15) is 24.9 Å². The van der Waals surface area contributed by atoms with Crippen LogP contribution in [0.2, 0.25) is 0 Å². The molecule has 3 rings (SSSR count). The second-order valence-electron chi connectivity index (χ2n) is 5.17. The van der Waals surface area contributed by atoms with Crippen molar-refractivity contribution in [3.63, 3.8) is 0 Å². The fourth-order valence-electron chi connectivity index (χ4n) is 2.51. The van der Waals surface area contributed by atoms with Crippen LogP contribution in [0.5, 0.6) is 5.75 Å². The second kappa shape index (κ2) is 6.46. The Balaban J connectivity index is 2.11. The lowest BCUT2D eigenvalue weighted by molar-refractivity contribution is 0.344.